The average Bonchev–Trinajstić information content (AvgIpc) is 3.69. The van der Waals surface area contributed by atoms with E-state index in [1.807, 2.05) is 35.4 Å². The van der Waals surface area contributed by atoms with Crippen molar-refractivity contribution in [3.05, 3.63) is 65.3 Å². The number of amides is 1. The van der Waals surface area contributed by atoms with Crippen LogP contribution in [0.2, 0.25) is 0 Å². The van der Waals surface area contributed by atoms with E-state index in [2.05, 4.69) is 35.0 Å². The van der Waals surface area contributed by atoms with Crippen LogP contribution in [0, 0.1) is 0 Å². The Balaban J connectivity index is 1.11. The van der Waals surface area contributed by atoms with Crippen molar-refractivity contribution in [3.8, 4) is 0 Å². The Morgan fingerprint density at radius 1 is 1.07 bits per heavy atom. The molecular formula is C35H46N6O3S. The van der Waals surface area contributed by atoms with E-state index in [0.717, 1.165) is 39.9 Å². The summed E-state index contributed by atoms with van der Waals surface area (Å²) in [6, 6.07) is 13.5. The Kier molecular flexibility index (Phi) is 10.4. The number of fused-ring (bicyclic) bond motifs is 1. The number of ketones is 1. The van der Waals surface area contributed by atoms with Crippen molar-refractivity contribution in [1.29, 1.82) is 0 Å². The second-order valence-corrected chi connectivity index (χ2v) is 13.9. The van der Waals surface area contributed by atoms with E-state index in [1.165, 1.54) is 32.4 Å². The number of pyridine rings is 1. The molecule has 240 valence electrons. The van der Waals surface area contributed by atoms with Gasteiger partial charge in [0, 0.05) is 53.4 Å². The number of rotatable bonds is 11. The molecule has 9 nitrogen and oxygen atoms in total. The van der Waals surface area contributed by atoms with Gasteiger partial charge in [0.15, 0.2) is 5.78 Å². The first-order chi connectivity index (χ1) is 22.0. The van der Waals surface area contributed by atoms with Gasteiger partial charge in [0.05, 0.1) is 12.1 Å². The number of hydrogen-bond donors (Lipinski definition) is 1. The van der Waals surface area contributed by atoms with Crippen molar-refractivity contribution < 1.29 is 14.3 Å². The summed E-state index contributed by atoms with van der Waals surface area (Å²) in [6.07, 6.45) is 10.9. The van der Waals surface area contributed by atoms with Gasteiger partial charge in [-0.15, -0.1) is 11.3 Å². The largest absolute Gasteiger partial charge is 0.455 e. The molecule has 0 aliphatic carbocycles. The summed E-state index contributed by atoms with van der Waals surface area (Å²) < 4.78 is 7.54. The number of aromatic nitrogens is 1. The minimum absolute atomic E-state index is 0.0444. The minimum Gasteiger partial charge on any atom is -0.455 e. The van der Waals surface area contributed by atoms with Crippen LogP contribution < -0.4 is 5.73 Å². The van der Waals surface area contributed by atoms with Crippen molar-refractivity contribution in [2.75, 3.05) is 39.3 Å². The number of aliphatic imine (C=N–C) groups is 1. The minimum atomic E-state index is -0.606. The molecule has 0 saturated carbocycles. The molecule has 3 aliphatic heterocycles. The Hall–Kier alpha value is -3.34. The van der Waals surface area contributed by atoms with Crippen LogP contribution in [0.1, 0.15) is 68.4 Å². The summed E-state index contributed by atoms with van der Waals surface area (Å²) in [6.45, 7) is 6.80. The predicted molar refractivity (Wildman–Crippen MR) is 179 cm³/mol. The summed E-state index contributed by atoms with van der Waals surface area (Å²) in [5.41, 5.74) is 7.59. The van der Waals surface area contributed by atoms with Crippen LogP contribution in [0.15, 0.2) is 59.9 Å². The summed E-state index contributed by atoms with van der Waals surface area (Å²) >= 11 is 1.69. The summed E-state index contributed by atoms with van der Waals surface area (Å²) in [7, 11) is 0. The molecule has 10 heteroatoms. The Labute approximate surface area is 270 Å². The molecule has 2 aromatic heterocycles. The zero-order valence-electron chi connectivity index (χ0n) is 26.4. The fraction of sp³-hybridized carbons (Fsp3) is 0.543. The molecule has 2 fully saturated rings. The molecule has 2 saturated heterocycles. The molecule has 0 unspecified atom stereocenters. The molecule has 2 N–H and O–H groups in total. The second-order valence-electron chi connectivity index (χ2n) is 12.7. The topological polar surface area (TPSA) is 104 Å². The maximum absolute atomic E-state index is 13.9. The van der Waals surface area contributed by atoms with Gasteiger partial charge < -0.3 is 25.2 Å². The van der Waals surface area contributed by atoms with E-state index < -0.39 is 12.1 Å². The molecule has 1 amide bonds. The van der Waals surface area contributed by atoms with Crippen molar-refractivity contribution in [3.63, 3.8) is 0 Å². The van der Waals surface area contributed by atoms with Gasteiger partial charge in [-0.25, -0.2) is 4.99 Å². The van der Waals surface area contributed by atoms with Gasteiger partial charge in [-0.2, -0.15) is 0 Å². The number of ether oxygens (including phenoxy) is 1. The lowest BCUT2D eigenvalue weighted by atomic mass is 10.0. The highest BCUT2D eigenvalue weighted by atomic mass is 32.1. The van der Waals surface area contributed by atoms with Crippen LogP contribution in [0.5, 0.6) is 0 Å². The highest BCUT2D eigenvalue weighted by Gasteiger charge is 2.40. The van der Waals surface area contributed by atoms with Crippen molar-refractivity contribution >= 4 is 39.1 Å². The number of nitrogens with zero attached hydrogens (tertiary/aromatic N) is 5. The molecule has 0 bridgehead atoms. The fourth-order valence-electron chi connectivity index (χ4n) is 6.82. The number of thiophene rings is 1. The molecule has 4 atom stereocenters. The number of piperidine rings is 1. The highest BCUT2D eigenvalue weighted by molar-refractivity contribution is 7.19. The Morgan fingerprint density at radius 3 is 2.69 bits per heavy atom. The van der Waals surface area contributed by atoms with Crippen LogP contribution in [0.3, 0.4) is 0 Å². The zero-order chi connectivity index (χ0) is 31.2. The molecular weight excluding hydrogens is 584 g/mol. The van der Waals surface area contributed by atoms with Gasteiger partial charge in [0.1, 0.15) is 12.1 Å². The molecule has 3 aliphatic rings. The zero-order valence-corrected chi connectivity index (χ0v) is 27.2. The van der Waals surface area contributed by atoms with Crippen molar-refractivity contribution in [2.24, 2.45) is 10.7 Å². The van der Waals surface area contributed by atoms with E-state index in [9.17, 15) is 9.59 Å². The SMILES string of the molecule is C[C@@H]1N=C(N2CCN(C(=O)[C@H](N)CCCCN3CCCCC3)[C@H](C(=O)CCc3cc4cnccc4s3)C2)O[C@H]1c1ccccc1. The first-order valence-corrected chi connectivity index (χ1v) is 17.5. The number of aryl methyl sites for hydroxylation is 1. The maximum Gasteiger partial charge on any atom is 0.288 e. The smallest absolute Gasteiger partial charge is 0.288 e. The number of hydrogen-bond acceptors (Lipinski definition) is 9. The van der Waals surface area contributed by atoms with Crippen LogP contribution >= 0.6 is 11.3 Å². The number of benzene rings is 1. The van der Waals surface area contributed by atoms with Crippen molar-refractivity contribution in [2.45, 2.75) is 82.5 Å². The number of nitrogens with two attached hydrogens (primary N) is 1. The number of carbonyl (C=O) groups is 2. The number of Topliss-reactive ketones (excluding diaryl/α,β-unsaturated/α-hetero) is 1. The van der Waals surface area contributed by atoms with Crippen LogP contribution in [-0.2, 0) is 20.7 Å². The monoisotopic (exact) mass is 630 g/mol. The van der Waals surface area contributed by atoms with E-state index in [0.29, 0.717) is 44.9 Å². The number of likely N-dealkylation sites (tertiary alicyclic amines) is 1. The normalized spacial score (nSPS) is 23.2. The molecule has 3 aromatic rings. The quantitative estimate of drug-likeness (QED) is 0.303. The maximum atomic E-state index is 13.9. The molecule has 1 aromatic carbocycles. The molecule has 45 heavy (non-hydrogen) atoms. The van der Waals surface area contributed by atoms with Crippen LogP contribution in [-0.4, -0.2) is 94.8 Å². The third kappa shape index (κ3) is 7.73. The van der Waals surface area contributed by atoms with Gasteiger partial charge in [0.2, 0.25) is 5.91 Å². The van der Waals surface area contributed by atoms with Gasteiger partial charge >= 0.3 is 0 Å². The van der Waals surface area contributed by atoms with E-state index in [4.69, 9.17) is 15.5 Å². The number of amidine groups is 1. The van der Waals surface area contributed by atoms with Gasteiger partial charge in [-0.1, -0.05) is 43.2 Å². The standard InChI is InChI=1S/C35H46N6O3S/c1-25-33(26-10-4-2-5-11-26)44-35(38-25)40-20-21-41(34(43)29(36)12-6-9-19-39-17-7-3-8-18-39)30(24-40)31(42)14-13-28-22-27-23-37-16-15-32(27)45-28/h2,4-5,10-11,15-16,22-23,25,29-30,33H,3,6-9,12-14,17-21,24,36H2,1H3/t25-,29+,30-,33+/m0/s1. The lowest BCUT2D eigenvalue weighted by Crippen LogP contribution is -2.62. The molecule has 5 heterocycles. The van der Waals surface area contributed by atoms with Crippen LogP contribution in [0.25, 0.3) is 10.1 Å². The highest BCUT2D eigenvalue weighted by Crippen LogP contribution is 2.31. The summed E-state index contributed by atoms with van der Waals surface area (Å²) in [5.74, 6) is -0.0732. The number of unbranched alkanes of at least 4 members (excludes halogenated alkanes) is 1. The van der Waals surface area contributed by atoms with E-state index in [1.54, 1.807) is 22.4 Å². The van der Waals surface area contributed by atoms with Gasteiger partial charge in [0.25, 0.3) is 6.02 Å². The van der Waals surface area contributed by atoms with Crippen LogP contribution in [0.4, 0.5) is 0 Å². The first kappa shape index (κ1) is 31.6. The third-order valence-electron chi connectivity index (χ3n) is 9.41. The third-order valence-corrected chi connectivity index (χ3v) is 10.6. The second kappa shape index (κ2) is 14.8. The summed E-state index contributed by atoms with van der Waals surface area (Å²) in [4.78, 5) is 44.2. The van der Waals surface area contributed by atoms with Gasteiger partial charge in [-0.3, -0.25) is 14.6 Å². The van der Waals surface area contributed by atoms with E-state index >= 15 is 0 Å². The number of carbonyl (C=O) groups excluding carboxylic acids is 2. The lowest BCUT2D eigenvalue weighted by molar-refractivity contribution is -0.143. The van der Waals surface area contributed by atoms with Crippen molar-refractivity contribution in [1.82, 2.24) is 19.7 Å². The Morgan fingerprint density at radius 2 is 1.89 bits per heavy atom. The molecule has 6 rings (SSSR count). The first-order valence-electron chi connectivity index (χ1n) is 16.6. The average molecular weight is 631 g/mol. The van der Waals surface area contributed by atoms with E-state index in [-0.39, 0.29) is 23.8 Å². The summed E-state index contributed by atoms with van der Waals surface area (Å²) in [5, 5.41) is 1.09. The predicted octanol–water partition coefficient (Wildman–Crippen LogP) is 4.81. The molecule has 0 spiro atoms. The van der Waals surface area contributed by atoms with Gasteiger partial charge in [-0.05, 0) is 76.4 Å². The fourth-order valence-corrected chi connectivity index (χ4v) is 7.85. The molecule has 0 radical (unpaired) electrons. The number of piperazine rings is 1. The Bertz CT molecular complexity index is 1440. The lowest BCUT2D eigenvalue weighted by Gasteiger charge is -2.42.